The van der Waals surface area contributed by atoms with Crippen LogP contribution < -0.4 is 0 Å². The maximum Gasteiger partial charge on any atom is 0.336 e. The summed E-state index contributed by atoms with van der Waals surface area (Å²) in [5, 5.41) is 21.0. The van der Waals surface area contributed by atoms with E-state index in [0.29, 0.717) is 0 Å². The van der Waals surface area contributed by atoms with Crippen LogP contribution in [-0.2, 0) is 28.5 Å². The van der Waals surface area contributed by atoms with Gasteiger partial charge >= 0.3 is 11.9 Å². The van der Waals surface area contributed by atoms with Gasteiger partial charge in [0.1, 0.15) is 18.2 Å². The molecule has 186 valence electrons. The first-order valence-electron chi connectivity index (χ1n) is 11.0. The van der Waals surface area contributed by atoms with Gasteiger partial charge in [0.05, 0.1) is 23.7 Å². The minimum Gasteiger partial charge on any atom is -0.463 e. The van der Waals surface area contributed by atoms with Crippen molar-refractivity contribution in [3.8, 4) is 0 Å². The van der Waals surface area contributed by atoms with E-state index in [1.54, 1.807) is 33.8 Å². The van der Waals surface area contributed by atoms with Gasteiger partial charge in [-0.05, 0) is 27.7 Å². The molecule has 2 unspecified atom stereocenters. The van der Waals surface area contributed by atoms with E-state index in [9.17, 15) is 19.7 Å². The first-order chi connectivity index (χ1) is 16.3. The summed E-state index contributed by atoms with van der Waals surface area (Å²) in [6.07, 6.45) is -1.07. The molecule has 0 spiro atoms. The Morgan fingerprint density at radius 3 is 2.32 bits per heavy atom. The van der Waals surface area contributed by atoms with E-state index in [1.165, 1.54) is 18.2 Å². The van der Waals surface area contributed by atoms with Crippen LogP contribution in [0.4, 0.5) is 5.69 Å². The Balaban J connectivity index is 2.87. The number of carbonyl (C=O) groups excluding carboxylic acids is 2. The summed E-state index contributed by atoms with van der Waals surface area (Å²) in [5.41, 5.74) is 0.0693. The molecule has 0 fully saturated rings. The number of para-hydroxylation sites is 1. The van der Waals surface area contributed by atoms with Crippen LogP contribution in [0.1, 0.15) is 39.2 Å². The lowest BCUT2D eigenvalue weighted by molar-refractivity contribution is -0.385. The monoisotopic (exact) mass is 478 g/mol. The first kappa shape index (κ1) is 27.1. The van der Waals surface area contributed by atoms with Gasteiger partial charge in [0.2, 0.25) is 6.29 Å². The molecule has 34 heavy (non-hydrogen) atoms. The highest BCUT2D eigenvalue weighted by Crippen LogP contribution is 2.44. The Morgan fingerprint density at radius 1 is 1.12 bits per heavy atom. The molecule has 1 aromatic carbocycles. The van der Waals surface area contributed by atoms with Crippen molar-refractivity contribution < 1.29 is 38.6 Å². The number of aliphatic imine (C=N–C) groups is 1. The minimum absolute atomic E-state index is 0.0233. The van der Waals surface area contributed by atoms with Crippen LogP contribution >= 0.6 is 0 Å². The first-order valence-corrected chi connectivity index (χ1v) is 11.0. The molecule has 0 saturated heterocycles. The molecule has 1 aliphatic heterocycles. The Hall–Kier alpha value is -3.15. The Bertz CT molecular complexity index is 952. The van der Waals surface area contributed by atoms with E-state index in [2.05, 4.69) is 4.99 Å². The number of benzene rings is 1. The third-order valence-electron chi connectivity index (χ3n) is 5.08. The number of hydrogen-bond donors (Lipinski definition) is 1. The van der Waals surface area contributed by atoms with E-state index in [4.69, 9.17) is 24.1 Å². The minimum atomic E-state index is -1.18. The van der Waals surface area contributed by atoms with Gasteiger partial charge in [-0.25, -0.2) is 4.79 Å². The van der Waals surface area contributed by atoms with Crippen molar-refractivity contribution in [1.82, 2.24) is 0 Å². The molecule has 1 aromatic rings. The van der Waals surface area contributed by atoms with Gasteiger partial charge in [0.15, 0.2) is 0 Å². The van der Waals surface area contributed by atoms with Crippen molar-refractivity contribution in [3.05, 3.63) is 51.2 Å². The largest absolute Gasteiger partial charge is 0.463 e. The number of aliphatic hydroxyl groups is 1. The molecule has 2 atom stereocenters. The number of nitro groups is 1. The fourth-order valence-corrected chi connectivity index (χ4v) is 3.81. The van der Waals surface area contributed by atoms with E-state index >= 15 is 0 Å². The van der Waals surface area contributed by atoms with Crippen molar-refractivity contribution in [2.24, 2.45) is 10.9 Å². The molecule has 0 bridgehead atoms. The van der Waals surface area contributed by atoms with E-state index < -0.39 is 41.6 Å². The van der Waals surface area contributed by atoms with Gasteiger partial charge in [-0.3, -0.25) is 19.9 Å². The zero-order valence-electron chi connectivity index (χ0n) is 19.7. The molecule has 1 heterocycles. The second-order valence-corrected chi connectivity index (χ2v) is 7.18. The van der Waals surface area contributed by atoms with Crippen LogP contribution in [0.5, 0.6) is 0 Å². The molecule has 1 N–H and O–H groups in total. The highest BCUT2D eigenvalue weighted by Gasteiger charge is 2.47. The molecule has 0 aliphatic carbocycles. The molecule has 2 rings (SSSR count). The van der Waals surface area contributed by atoms with E-state index in [0.717, 1.165) is 0 Å². The smallest absolute Gasteiger partial charge is 0.336 e. The lowest BCUT2D eigenvalue weighted by Gasteiger charge is -2.33. The molecular formula is C23H30N2O9. The van der Waals surface area contributed by atoms with Gasteiger partial charge in [-0.1, -0.05) is 18.2 Å². The zero-order valence-corrected chi connectivity index (χ0v) is 19.7. The summed E-state index contributed by atoms with van der Waals surface area (Å²) in [6, 6.07) is 5.82. The number of nitro benzene ring substituents is 1. The number of hydrogen-bond acceptors (Lipinski definition) is 10. The highest BCUT2D eigenvalue weighted by atomic mass is 16.7. The van der Waals surface area contributed by atoms with E-state index in [1.807, 2.05) is 0 Å². The normalized spacial score (nSPS) is 18.0. The average molecular weight is 478 g/mol. The summed E-state index contributed by atoms with van der Waals surface area (Å²) in [4.78, 5) is 42.1. The molecule has 1 aliphatic rings. The second kappa shape index (κ2) is 12.9. The van der Waals surface area contributed by atoms with Crippen molar-refractivity contribution >= 4 is 23.3 Å². The molecule has 11 heteroatoms. The van der Waals surface area contributed by atoms with Gasteiger partial charge in [0, 0.05) is 36.5 Å². The topological polar surface area (TPSA) is 147 Å². The van der Waals surface area contributed by atoms with Gasteiger partial charge in [0.25, 0.3) is 5.69 Å². The maximum absolute atomic E-state index is 13.3. The highest BCUT2D eigenvalue weighted by molar-refractivity contribution is 6.07. The van der Waals surface area contributed by atoms with Crippen LogP contribution in [0.3, 0.4) is 0 Å². The lowest BCUT2D eigenvalue weighted by Crippen LogP contribution is -2.39. The number of nitrogens with zero attached hydrogens (tertiary/aromatic N) is 2. The molecule has 11 nitrogen and oxygen atoms in total. The SMILES string of the molecule is CCOC(=O)C1=C(C(OCC)OCC)N=C(C)C(C(=O)OCCO)C1c1ccccc1[N+](=O)[O-]. The molecule has 0 amide bonds. The Labute approximate surface area is 197 Å². The van der Waals surface area contributed by atoms with Gasteiger partial charge in [-0.15, -0.1) is 0 Å². The predicted octanol–water partition coefficient (Wildman–Crippen LogP) is 2.52. The molecule has 0 aromatic heterocycles. The summed E-state index contributed by atoms with van der Waals surface area (Å²) in [7, 11) is 0. The van der Waals surface area contributed by atoms with Crippen LogP contribution in [-0.4, -0.2) is 67.0 Å². The Morgan fingerprint density at radius 2 is 1.76 bits per heavy atom. The van der Waals surface area contributed by atoms with Crippen molar-refractivity contribution in [3.63, 3.8) is 0 Å². The number of carbonyl (C=O) groups is 2. The van der Waals surface area contributed by atoms with Crippen molar-refractivity contribution in [2.75, 3.05) is 33.0 Å². The molecular weight excluding hydrogens is 448 g/mol. The van der Waals surface area contributed by atoms with Crippen LogP contribution in [0.15, 0.2) is 40.5 Å². The fraction of sp³-hybridized carbons (Fsp3) is 0.522. The van der Waals surface area contributed by atoms with Crippen LogP contribution in [0.2, 0.25) is 0 Å². The number of rotatable bonds is 12. The quantitative estimate of drug-likeness (QED) is 0.207. The number of aliphatic hydroxyl groups excluding tert-OH is 1. The zero-order chi connectivity index (χ0) is 25.3. The maximum atomic E-state index is 13.3. The average Bonchev–Trinajstić information content (AvgIpc) is 2.81. The lowest BCUT2D eigenvalue weighted by atomic mass is 9.75. The number of esters is 2. The van der Waals surface area contributed by atoms with Crippen molar-refractivity contribution in [2.45, 2.75) is 39.9 Å². The summed E-state index contributed by atoms with van der Waals surface area (Å²) >= 11 is 0. The third-order valence-corrected chi connectivity index (χ3v) is 5.08. The molecule has 0 saturated carbocycles. The fourth-order valence-electron chi connectivity index (χ4n) is 3.81. The third kappa shape index (κ3) is 6.04. The van der Waals surface area contributed by atoms with Crippen LogP contribution in [0, 0.1) is 16.0 Å². The van der Waals surface area contributed by atoms with Gasteiger partial charge < -0.3 is 24.1 Å². The summed E-state index contributed by atoms with van der Waals surface area (Å²) in [5.74, 6) is -3.94. The summed E-state index contributed by atoms with van der Waals surface area (Å²) in [6.45, 7) is 6.46. The predicted molar refractivity (Wildman–Crippen MR) is 121 cm³/mol. The standard InChI is InChI=1S/C23H30N2O9/c1-5-31-22(28)19-18(15-10-8-9-11-16(15)25(29)30)17(21(27)34-13-12-26)14(4)24-20(19)23(32-6-2)33-7-3/h8-11,17-18,23,26H,5-7,12-13H2,1-4H3. The number of ether oxygens (including phenoxy) is 4. The van der Waals surface area contributed by atoms with E-state index in [-0.39, 0.29) is 54.7 Å². The van der Waals surface area contributed by atoms with Crippen LogP contribution in [0.25, 0.3) is 0 Å². The summed E-state index contributed by atoms with van der Waals surface area (Å²) < 4.78 is 21.8. The van der Waals surface area contributed by atoms with Gasteiger partial charge in [-0.2, -0.15) is 0 Å². The van der Waals surface area contributed by atoms with Crippen molar-refractivity contribution in [1.29, 1.82) is 0 Å². The Kier molecular flexibility index (Phi) is 10.3. The second-order valence-electron chi connectivity index (χ2n) is 7.18. The molecule has 0 radical (unpaired) electrons.